The van der Waals surface area contributed by atoms with Crippen molar-refractivity contribution in [3.63, 3.8) is 0 Å². The van der Waals surface area contributed by atoms with Crippen LogP contribution in [0.1, 0.15) is 42.0 Å². The fourth-order valence-corrected chi connectivity index (χ4v) is 4.75. The maximum Gasteiger partial charge on any atom is 0.343 e. The second-order valence-electron chi connectivity index (χ2n) is 8.09. The molecule has 0 amide bonds. The van der Waals surface area contributed by atoms with Crippen LogP contribution in [0.3, 0.4) is 0 Å². The van der Waals surface area contributed by atoms with Crippen LogP contribution in [-0.4, -0.2) is 37.4 Å². The quantitative estimate of drug-likeness (QED) is 0.428. The standard InChI is InChI=1S/C23H22N2O6/c1-2-3-13-14-8-12(27)4-5-18(14)24-20-15(13)10-25-19(20)9-17-16(21(25)28)11-31-22(29)23(17,30)6-7-26/h4-5,8-9,26-27,30H,2-3,6-7,10-11H2,1H3/t23-/m0/s1. The number of aliphatic hydroxyl groups excluding tert-OH is 1. The van der Waals surface area contributed by atoms with Crippen LogP contribution in [0.5, 0.6) is 5.75 Å². The molecule has 0 saturated heterocycles. The zero-order chi connectivity index (χ0) is 21.9. The number of rotatable bonds is 4. The molecule has 4 heterocycles. The maximum absolute atomic E-state index is 13.3. The molecule has 0 saturated carbocycles. The number of pyridine rings is 2. The van der Waals surface area contributed by atoms with Crippen LogP contribution in [0.15, 0.2) is 29.1 Å². The van der Waals surface area contributed by atoms with Gasteiger partial charge in [-0.1, -0.05) is 13.3 Å². The van der Waals surface area contributed by atoms with Gasteiger partial charge in [0.1, 0.15) is 12.4 Å². The number of benzene rings is 1. The first-order chi connectivity index (χ1) is 14.9. The normalized spacial score (nSPS) is 19.1. The number of aryl methyl sites for hydroxylation is 1. The van der Waals surface area contributed by atoms with E-state index in [1.54, 1.807) is 28.8 Å². The second kappa shape index (κ2) is 6.90. The lowest BCUT2D eigenvalue weighted by atomic mass is 9.85. The molecule has 0 spiro atoms. The fourth-order valence-electron chi connectivity index (χ4n) is 4.75. The lowest BCUT2D eigenvalue weighted by Crippen LogP contribution is -2.45. The zero-order valence-corrected chi connectivity index (χ0v) is 17.0. The summed E-state index contributed by atoms with van der Waals surface area (Å²) in [6.07, 6.45) is 1.37. The van der Waals surface area contributed by atoms with E-state index in [-0.39, 0.29) is 35.5 Å². The van der Waals surface area contributed by atoms with Crippen LogP contribution in [0, 0.1) is 0 Å². The molecule has 5 rings (SSSR count). The SMILES string of the molecule is CCCc1c2c(nc3ccc(O)cc13)-c1cc3c(c(=O)n1C2)COC(=O)[C@]3(O)CCO. The minimum absolute atomic E-state index is 0.152. The highest BCUT2D eigenvalue weighted by Crippen LogP contribution is 2.40. The molecule has 3 aromatic rings. The van der Waals surface area contributed by atoms with Gasteiger partial charge in [-0.15, -0.1) is 0 Å². The van der Waals surface area contributed by atoms with Crippen LogP contribution in [-0.2, 0) is 34.7 Å². The van der Waals surface area contributed by atoms with Crippen molar-refractivity contribution in [3.05, 3.63) is 56.9 Å². The molecular formula is C23H22N2O6. The van der Waals surface area contributed by atoms with Gasteiger partial charge in [0.2, 0.25) is 0 Å². The van der Waals surface area contributed by atoms with Gasteiger partial charge in [-0.3, -0.25) is 4.79 Å². The van der Waals surface area contributed by atoms with E-state index < -0.39 is 18.2 Å². The second-order valence-corrected chi connectivity index (χ2v) is 8.09. The molecule has 0 bridgehead atoms. The molecule has 1 atom stereocenters. The molecule has 2 aliphatic rings. The molecule has 2 aromatic heterocycles. The number of esters is 1. The highest BCUT2D eigenvalue weighted by molar-refractivity contribution is 5.89. The van der Waals surface area contributed by atoms with E-state index in [1.165, 1.54) is 0 Å². The molecule has 0 radical (unpaired) electrons. The smallest absolute Gasteiger partial charge is 0.343 e. The third-order valence-electron chi connectivity index (χ3n) is 6.25. The highest BCUT2D eigenvalue weighted by atomic mass is 16.6. The number of hydrogen-bond acceptors (Lipinski definition) is 7. The Hall–Kier alpha value is -3.23. The minimum atomic E-state index is -2.07. The Labute approximate surface area is 177 Å². The highest BCUT2D eigenvalue weighted by Gasteiger charge is 2.46. The fraction of sp³-hybridized carbons (Fsp3) is 0.348. The summed E-state index contributed by atoms with van der Waals surface area (Å²) in [7, 11) is 0. The predicted octanol–water partition coefficient (Wildman–Crippen LogP) is 1.71. The Morgan fingerprint density at radius 3 is 2.77 bits per heavy atom. The number of fused-ring (bicyclic) bond motifs is 5. The minimum Gasteiger partial charge on any atom is -0.508 e. The summed E-state index contributed by atoms with van der Waals surface area (Å²) < 4.78 is 6.66. The first-order valence-corrected chi connectivity index (χ1v) is 10.3. The van der Waals surface area contributed by atoms with Gasteiger partial charge in [0.05, 0.1) is 29.0 Å². The zero-order valence-electron chi connectivity index (χ0n) is 17.0. The van der Waals surface area contributed by atoms with E-state index in [2.05, 4.69) is 6.92 Å². The summed E-state index contributed by atoms with van der Waals surface area (Å²) in [4.78, 5) is 30.4. The number of nitrogens with zero attached hydrogens (tertiary/aromatic N) is 2. The Kier molecular flexibility index (Phi) is 4.39. The topological polar surface area (TPSA) is 122 Å². The Bertz CT molecular complexity index is 1310. The van der Waals surface area contributed by atoms with Crippen molar-refractivity contribution in [2.24, 2.45) is 0 Å². The molecule has 0 aliphatic carbocycles. The van der Waals surface area contributed by atoms with E-state index in [0.717, 1.165) is 29.4 Å². The molecule has 160 valence electrons. The van der Waals surface area contributed by atoms with Crippen molar-refractivity contribution < 1.29 is 24.9 Å². The van der Waals surface area contributed by atoms with Crippen molar-refractivity contribution in [2.75, 3.05) is 6.61 Å². The third kappa shape index (κ3) is 2.72. The summed E-state index contributed by atoms with van der Waals surface area (Å²) in [5, 5.41) is 31.2. The van der Waals surface area contributed by atoms with Gasteiger partial charge in [-0.2, -0.15) is 0 Å². The molecular weight excluding hydrogens is 400 g/mol. The number of aromatic nitrogens is 2. The summed E-state index contributed by atoms with van der Waals surface area (Å²) in [6, 6.07) is 6.63. The largest absolute Gasteiger partial charge is 0.508 e. The summed E-state index contributed by atoms with van der Waals surface area (Å²) in [5.74, 6) is -0.718. The number of carbonyl (C=O) groups is 1. The van der Waals surface area contributed by atoms with Gasteiger partial charge in [0.15, 0.2) is 5.60 Å². The number of cyclic esters (lactones) is 1. The molecule has 8 heteroatoms. The predicted molar refractivity (Wildman–Crippen MR) is 112 cm³/mol. The van der Waals surface area contributed by atoms with Crippen LogP contribution in [0.4, 0.5) is 0 Å². The van der Waals surface area contributed by atoms with Crippen molar-refractivity contribution in [1.29, 1.82) is 0 Å². The van der Waals surface area contributed by atoms with Crippen molar-refractivity contribution in [2.45, 2.75) is 44.9 Å². The van der Waals surface area contributed by atoms with Gasteiger partial charge in [-0.05, 0) is 36.2 Å². The number of carbonyl (C=O) groups excluding carboxylic acids is 1. The van der Waals surface area contributed by atoms with E-state index in [4.69, 9.17) is 9.72 Å². The third-order valence-corrected chi connectivity index (χ3v) is 6.25. The number of phenols is 1. The van der Waals surface area contributed by atoms with Crippen LogP contribution >= 0.6 is 0 Å². The van der Waals surface area contributed by atoms with Crippen LogP contribution < -0.4 is 5.56 Å². The van der Waals surface area contributed by atoms with Crippen molar-refractivity contribution >= 4 is 16.9 Å². The Morgan fingerprint density at radius 2 is 2.03 bits per heavy atom. The van der Waals surface area contributed by atoms with E-state index in [1.807, 2.05) is 0 Å². The monoisotopic (exact) mass is 422 g/mol. The molecule has 0 fully saturated rings. The number of phenolic OH excluding ortho intramolecular Hbond substituents is 1. The molecule has 31 heavy (non-hydrogen) atoms. The van der Waals surface area contributed by atoms with Gasteiger partial charge in [0.25, 0.3) is 5.56 Å². The summed E-state index contributed by atoms with van der Waals surface area (Å²) in [5.41, 5.74) is 1.75. The van der Waals surface area contributed by atoms with Crippen LogP contribution in [0.2, 0.25) is 0 Å². The average molecular weight is 422 g/mol. The summed E-state index contributed by atoms with van der Waals surface area (Å²) in [6.45, 7) is 1.72. The van der Waals surface area contributed by atoms with Gasteiger partial charge < -0.3 is 24.6 Å². The lowest BCUT2D eigenvalue weighted by molar-refractivity contribution is -0.173. The van der Waals surface area contributed by atoms with Crippen molar-refractivity contribution in [3.8, 4) is 17.1 Å². The lowest BCUT2D eigenvalue weighted by Gasteiger charge is -2.32. The molecule has 8 nitrogen and oxygen atoms in total. The van der Waals surface area contributed by atoms with Crippen LogP contribution in [0.25, 0.3) is 22.3 Å². The van der Waals surface area contributed by atoms with E-state index in [9.17, 15) is 24.9 Å². The Morgan fingerprint density at radius 1 is 1.23 bits per heavy atom. The van der Waals surface area contributed by atoms with Gasteiger partial charge >= 0.3 is 5.97 Å². The van der Waals surface area contributed by atoms with E-state index in [0.29, 0.717) is 23.4 Å². The maximum atomic E-state index is 13.3. The average Bonchev–Trinajstić information content (AvgIpc) is 3.11. The first kappa shape index (κ1) is 19.7. The number of hydrogen-bond donors (Lipinski definition) is 3. The number of aliphatic hydroxyl groups is 2. The van der Waals surface area contributed by atoms with Gasteiger partial charge in [0, 0.05) is 29.5 Å². The molecule has 0 unspecified atom stereocenters. The summed E-state index contributed by atoms with van der Waals surface area (Å²) >= 11 is 0. The first-order valence-electron chi connectivity index (χ1n) is 10.3. The number of aromatic hydroxyl groups is 1. The number of ether oxygens (including phenoxy) is 1. The van der Waals surface area contributed by atoms with Gasteiger partial charge in [-0.25, -0.2) is 9.78 Å². The van der Waals surface area contributed by atoms with Crippen molar-refractivity contribution in [1.82, 2.24) is 9.55 Å². The van der Waals surface area contributed by atoms with E-state index >= 15 is 0 Å². The molecule has 2 aliphatic heterocycles. The molecule has 1 aromatic carbocycles. The Balaban J connectivity index is 1.81. The molecule has 3 N–H and O–H groups in total.